The second kappa shape index (κ2) is 9.01. The van der Waals surface area contributed by atoms with Crippen molar-refractivity contribution in [1.29, 1.82) is 0 Å². The van der Waals surface area contributed by atoms with E-state index in [2.05, 4.69) is 4.98 Å². The fraction of sp³-hybridized carbons (Fsp3) is 0.238. The third kappa shape index (κ3) is 4.98. The zero-order valence-corrected chi connectivity index (χ0v) is 16.4. The Hall–Kier alpha value is -2.67. The molecule has 1 amide bonds. The molecule has 0 saturated heterocycles. The van der Waals surface area contributed by atoms with Crippen LogP contribution < -0.4 is 0 Å². The predicted octanol–water partition coefficient (Wildman–Crippen LogP) is 4.93. The number of oxazole rings is 1. The van der Waals surface area contributed by atoms with E-state index in [9.17, 15) is 13.6 Å². The lowest BCUT2D eigenvalue weighted by Gasteiger charge is -2.17. The molecule has 0 spiro atoms. The van der Waals surface area contributed by atoms with Gasteiger partial charge in [0, 0.05) is 37.4 Å². The molecule has 2 aromatic carbocycles. The molecular weight excluding hydrogens is 382 g/mol. The van der Waals surface area contributed by atoms with E-state index in [4.69, 9.17) is 4.42 Å². The van der Waals surface area contributed by atoms with Crippen molar-refractivity contribution in [3.63, 3.8) is 0 Å². The summed E-state index contributed by atoms with van der Waals surface area (Å²) >= 11 is 1.67. The van der Waals surface area contributed by atoms with Crippen LogP contribution in [0, 0.1) is 11.6 Å². The average molecular weight is 402 g/mol. The average Bonchev–Trinajstić information content (AvgIpc) is 3.15. The van der Waals surface area contributed by atoms with Gasteiger partial charge in [0.15, 0.2) is 11.7 Å². The second-order valence-electron chi connectivity index (χ2n) is 6.34. The number of carbonyl (C=O) groups excluding carboxylic acids is 1. The maximum atomic E-state index is 13.8. The Kier molecular flexibility index (Phi) is 6.46. The molecule has 0 bridgehead atoms. The van der Waals surface area contributed by atoms with Gasteiger partial charge in [-0.3, -0.25) is 4.79 Å². The minimum Gasteiger partial charge on any atom is -0.441 e. The number of benzene rings is 2. The summed E-state index contributed by atoms with van der Waals surface area (Å²) in [4.78, 5) is 19.3. The van der Waals surface area contributed by atoms with Crippen molar-refractivity contribution in [3.05, 3.63) is 71.8 Å². The van der Waals surface area contributed by atoms with Crippen LogP contribution in [-0.2, 0) is 17.8 Å². The Morgan fingerprint density at radius 2 is 1.93 bits per heavy atom. The van der Waals surface area contributed by atoms with Crippen LogP contribution >= 0.6 is 11.8 Å². The van der Waals surface area contributed by atoms with Crippen LogP contribution in [0.5, 0.6) is 0 Å². The van der Waals surface area contributed by atoms with E-state index in [-0.39, 0.29) is 23.7 Å². The van der Waals surface area contributed by atoms with E-state index in [1.165, 1.54) is 17.2 Å². The van der Waals surface area contributed by atoms with Crippen LogP contribution in [0.25, 0.3) is 11.3 Å². The number of halogens is 2. The predicted molar refractivity (Wildman–Crippen MR) is 105 cm³/mol. The van der Waals surface area contributed by atoms with Crippen LogP contribution in [0.2, 0.25) is 0 Å². The molecular formula is C21H20F2N2O2S. The van der Waals surface area contributed by atoms with E-state index >= 15 is 0 Å². The number of nitrogens with zero attached hydrogens (tertiary/aromatic N) is 2. The molecule has 146 valence electrons. The van der Waals surface area contributed by atoms with Crippen LogP contribution in [0.1, 0.15) is 17.9 Å². The Bertz CT molecular complexity index is 957. The summed E-state index contributed by atoms with van der Waals surface area (Å²) in [5.41, 5.74) is 1.19. The lowest BCUT2D eigenvalue weighted by Crippen LogP contribution is -2.26. The monoisotopic (exact) mass is 402 g/mol. The first-order valence-electron chi connectivity index (χ1n) is 8.73. The molecule has 1 aromatic heterocycles. The summed E-state index contributed by atoms with van der Waals surface area (Å²) in [6.07, 6.45) is 3.93. The SMILES string of the molecule is CSc1ccc(CN(C)C(=O)CCc2ncc(-c3ccc(F)cc3F)o2)cc1. The number of hydrogen-bond donors (Lipinski definition) is 0. The molecule has 0 saturated carbocycles. The highest BCUT2D eigenvalue weighted by Crippen LogP contribution is 2.24. The Morgan fingerprint density at radius 3 is 2.61 bits per heavy atom. The molecule has 0 fully saturated rings. The van der Waals surface area contributed by atoms with Gasteiger partial charge in [-0.05, 0) is 36.1 Å². The Labute approximate surface area is 166 Å². The van der Waals surface area contributed by atoms with Gasteiger partial charge in [0.25, 0.3) is 0 Å². The van der Waals surface area contributed by atoms with Gasteiger partial charge in [-0.25, -0.2) is 13.8 Å². The quantitative estimate of drug-likeness (QED) is 0.526. The van der Waals surface area contributed by atoms with Crippen LogP contribution in [-0.4, -0.2) is 29.1 Å². The molecule has 3 rings (SSSR count). The van der Waals surface area contributed by atoms with Gasteiger partial charge in [-0.15, -0.1) is 11.8 Å². The van der Waals surface area contributed by atoms with Crippen molar-refractivity contribution in [1.82, 2.24) is 9.88 Å². The standard InChI is InChI=1S/C21H20F2N2O2S/c1-25(13-14-3-6-16(28-2)7-4-14)21(26)10-9-20-24-12-19(27-20)17-8-5-15(22)11-18(17)23/h3-8,11-12H,9-10,13H2,1-2H3. The zero-order chi connectivity index (χ0) is 20.1. The molecule has 0 aliphatic rings. The fourth-order valence-electron chi connectivity index (χ4n) is 2.74. The Morgan fingerprint density at radius 1 is 1.18 bits per heavy atom. The van der Waals surface area contributed by atoms with Crippen molar-refractivity contribution in [2.75, 3.05) is 13.3 Å². The number of amides is 1. The third-order valence-electron chi connectivity index (χ3n) is 4.31. The van der Waals surface area contributed by atoms with Crippen molar-refractivity contribution in [2.45, 2.75) is 24.3 Å². The van der Waals surface area contributed by atoms with Crippen LogP contribution in [0.4, 0.5) is 8.78 Å². The highest BCUT2D eigenvalue weighted by molar-refractivity contribution is 7.98. The third-order valence-corrected chi connectivity index (χ3v) is 5.05. The van der Waals surface area contributed by atoms with Gasteiger partial charge in [-0.1, -0.05) is 12.1 Å². The van der Waals surface area contributed by atoms with E-state index in [0.29, 0.717) is 18.9 Å². The summed E-state index contributed by atoms with van der Waals surface area (Å²) in [6.45, 7) is 0.519. The van der Waals surface area contributed by atoms with Gasteiger partial charge in [0.05, 0.1) is 11.8 Å². The van der Waals surface area contributed by atoms with Crippen molar-refractivity contribution in [2.24, 2.45) is 0 Å². The molecule has 0 unspecified atom stereocenters. The summed E-state index contributed by atoms with van der Waals surface area (Å²) in [7, 11) is 1.75. The minimum atomic E-state index is -0.717. The number of hydrogen-bond acceptors (Lipinski definition) is 4. The molecule has 0 aliphatic heterocycles. The smallest absolute Gasteiger partial charge is 0.223 e. The Balaban J connectivity index is 1.56. The van der Waals surface area contributed by atoms with Gasteiger partial charge >= 0.3 is 0 Å². The normalized spacial score (nSPS) is 10.9. The molecule has 7 heteroatoms. The molecule has 3 aromatic rings. The van der Waals surface area contributed by atoms with Crippen LogP contribution in [0.15, 0.2) is 58.0 Å². The number of aromatic nitrogens is 1. The number of rotatable bonds is 7. The number of thioether (sulfide) groups is 1. The molecule has 0 radical (unpaired) electrons. The highest BCUT2D eigenvalue weighted by atomic mass is 32.2. The van der Waals surface area contributed by atoms with Gasteiger partial charge in [0.2, 0.25) is 5.91 Å². The summed E-state index contributed by atoms with van der Waals surface area (Å²) in [5.74, 6) is -0.864. The van der Waals surface area contributed by atoms with Crippen molar-refractivity contribution < 1.29 is 18.0 Å². The maximum absolute atomic E-state index is 13.8. The van der Waals surface area contributed by atoms with E-state index in [1.54, 1.807) is 23.7 Å². The lowest BCUT2D eigenvalue weighted by molar-refractivity contribution is -0.130. The van der Waals surface area contributed by atoms with Gasteiger partial charge < -0.3 is 9.32 Å². The summed E-state index contributed by atoms with van der Waals surface area (Å²) in [6, 6.07) is 11.3. The first-order chi connectivity index (χ1) is 13.5. The first kappa shape index (κ1) is 20.1. The molecule has 4 nitrogen and oxygen atoms in total. The minimum absolute atomic E-state index is 0.0401. The zero-order valence-electron chi connectivity index (χ0n) is 15.6. The summed E-state index contributed by atoms with van der Waals surface area (Å²) in [5, 5.41) is 0. The molecule has 0 atom stereocenters. The van der Waals surface area contributed by atoms with Crippen LogP contribution in [0.3, 0.4) is 0 Å². The van der Waals surface area contributed by atoms with E-state index in [0.717, 1.165) is 17.7 Å². The second-order valence-corrected chi connectivity index (χ2v) is 7.22. The molecule has 1 heterocycles. The molecule has 28 heavy (non-hydrogen) atoms. The topological polar surface area (TPSA) is 46.3 Å². The van der Waals surface area contributed by atoms with E-state index in [1.807, 2.05) is 30.5 Å². The number of carbonyl (C=O) groups is 1. The highest BCUT2D eigenvalue weighted by Gasteiger charge is 2.14. The maximum Gasteiger partial charge on any atom is 0.223 e. The lowest BCUT2D eigenvalue weighted by atomic mass is 10.2. The van der Waals surface area contributed by atoms with Crippen molar-refractivity contribution >= 4 is 17.7 Å². The fourth-order valence-corrected chi connectivity index (χ4v) is 3.15. The van der Waals surface area contributed by atoms with Crippen molar-refractivity contribution in [3.8, 4) is 11.3 Å². The van der Waals surface area contributed by atoms with E-state index < -0.39 is 11.6 Å². The van der Waals surface area contributed by atoms with Gasteiger partial charge in [-0.2, -0.15) is 0 Å². The number of aryl methyl sites for hydroxylation is 1. The summed E-state index contributed by atoms with van der Waals surface area (Å²) < 4.78 is 32.4. The molecule has 0 aliphatic carbocycles. The largest absolute Gasteiger partial charge is 0.441 e. The first-order valence-corrected chi connectivity index (χ1v) is 9.96. The van der Waals surface area contributed by atoms with Gasteiger partial charge in [0.1, 0.15) is 11.6 Å². The molecule has 0 N–H and O–H groups in total.